The van der Waals surface area contributed by atoms with Gasteiger partial charge in [0.2, 0.25) is 5.91 Å². The maximum Gasteiger partial charge on any atom is 0.222 e. The molecular weight excluding hydrogens is 352 g/mol. The smallest absolute Gasteiger partial charge is 0.222 e. The number of carbonyl (C=O) groups is 1. The number of nitrogens with zero attached hydrogens (tertiary/aromatic N) is 2. The average Bonchev–Trinajstić information content (AvgIpc) is 3.27. The molecule has 0 bridgehead atoms. The molecule has 0 radical (unpaired) electrons. The van der Waals surface area contributed by atoms with Gasteiger partial charge in [0.05, 0.1) is 0 Å². The Bertz CT molecular complexity index is 827. The van der Waals surface area contributed by atoms with E-state index in [9.17, 15) is 4.79 Å². The van der Waals surface area contributed by atoms with Gasteiger partial charge < -0.3 is 20.0 Å². The lowest BCUT2D eigenvalue weighted by molar-refractivity contribution is -0.129. The van der Waals surface area contributed by atoms with Gasteiger partial charge in [-0.1, -0.05) is 25.1 Å². The number of furan rings is 1. The molecule has 6 heteroatoms. The number of carbonyl (C=O) groups excluding carboxylic acids is 1. The van der Waals surface area contributed by atoms with Crippen molar-refractivity contribution in [1.29, 1.82) is 0 Å². The van der Waals surface area contributed by atoms with Gasteiger partial charge >= 0.3 is 0 Å². The molecule has 1 aliphatic rings. The fourth-order valence-corrected chi connectivity index (χ4v) is 3.86. The first kappa shape index (κ1) is 20.2. The van der Waals surface area contributed by atoms with Crippen molar-refractivity contribution < 1.29 is 9.21 Å². The van der Waals surface area contributed by atoms with Crippen molar-refractivity contribution >= 4 is 22.8 Å². The summed E-state index contributed by atoms with van der Waals surface area (Å²) in [6.07, 6.45) is 3.60. The zero-order valence-electron chi connectivity index (χ0n) is 17.3. The molecule has 1 atom stereocenters. The van der Waals surface area contributed by atoms with E-state index in [0.29, 0.717) is 24.9 Å². The van der Waals surface area contributed by atoms with Crippen LogP contribution >= 0.6 is 0 Å². The minimum Gasteiger partial charge on any atom is -0.459 e. The molecule has 2 aromatic rings. The standard InChI is InChI=1S/C22H32N4O2/c1-4-17(26-14-8-11-21(26)27)12-13-24-22(23-5-2)25-15-20-16(3)18-9-6-7-10-19(18)28-20/h6-7,9-10,17H,4-5,8,11-15H2,1-3H3,(H2,23,24,25). The Morgan fingerprint density at radius 1 is 1.29 bits per heavy atom. The maximum atomic E-state index is 12.0. The van der Waals surface area contributed by atoms with Gasteiger partial charge in [-0.05, 0) is 39.2 Å². The van der Waals surface area contributed by atoms with Crippen LogP contribution in [0.25, 0.3) is 11.0 Å². The molecule has 1 aromatic carbocycles. The predicted molar refractivity (Wildman–Crippen MR) is 113 cm³/mol. The van der Waals surface area contributed by atoms with Crippen molar-refractivity contribution in [2.24, 2.45) is 4.99 Å². The van der Waals surface area contributed by atoms with Crippen LogP contribution in [0, 0.1) is 6.92 Å². The van der Waals surface area contributed by atoms with Gasteiger partial charge in [-0.25, -0.2) is 4.99 Å². The van der Waals surface area contributed by atoms with Crippen LogP contribution in [0.4, 0.5) is 0 Å². The van der Waals surface area contributed by atoms with Crippen LogP contribution in [0.3, 0.4) is 0 Å². The molecule has 3 rings (SSSR count). The average molecular weight is 385 g/mol. The van der Waals surface area contributed by atoms with Crippen molar-refractivity contribution in [3.63, 3.8) is 0 Å². The normalized spacial score (nSPS) is 16.0. The Morgan fingerprint density at radius 3 is 2.79 bits per heavy atom. The number of benzene rings is 1. The molecule has 1 fully saturated rings. The number of fused-ring (bicyclic) bond motifs is 1. The first-order valence-corrected chi connectivity index (χ1v) is 10.4. The highest BCUT2D eigenvalue weighted by molar-refractivity contribution is 5.82. The van der Waals surface area contributed by atoms with E-state index in [1.807, 2.05) is 23.1 Å². The number of nitrogens with one attached hydrogen (secondary N) is 2. The Morgan fingerprint density at radius 2 is 2.11 bits per heavy atom. The second kappa shape index (κ2) is 9.62. The van der Waals surface area contributed by atoms with Crippen LogP contribution in [0.1, 0.15) is 50.9 Å². The second-order valence-electron chi connectivity index (χ2n) is 7.31. The Balaban J connectivity index is 1.59. The first-order valence-electron chi connectivity index (χ1n) is 10.4. The highest BCUT2D eigenvalue weighted by Gasteiger charge is 2.26. The van der Waals surface area contributed by atoms with Gasteiger partial charge in [-0.3, -0.25) is 4.79 Å². The van der Waals surface area contributed by atoms with E-state index >= 15 is 0 Å². The van der Waals surface area contributed by atoms with E-state index in [2.05, 4.69) is 37.5 Å². The number of hydrogen-bond acceptors (Lipinski definition) is 3. The van der Waals surface area contributed by atoms with Crippen molar-refractivity contribution in [1.82, 2.24) is 15.5 Å². The number of aryl methyl sites for hydroxylation is 1. The van der Waals surface area contributed by atoms with Gasteiger partial charge in [-0.2, -0.15) is 0 Å². The molecule has 28 heavy (non-hydrogen) atoms. The molecule has 1 aromatic heterocycles. The summed E-state index contributed by atoms with van der Waals surface area (Å²) in [7, 11) is 0. The van der Waals surface area contributed by atoms with Gasteiger partial charge in [0.25, 0.3) is 0 Å². The minimum atomic E-state index is 0.299. The van der Waals surface area contributed by atoms with Crippen molar-refractivity contribution in [3.05, 3.63) is 35.6 Å². The highest BCUT2D eigenvalue weighted by Crippen LogP contribution is 2.25. The minimum absolute atomic E-state index is 0.299. The van der Waals surface area contributed by atoms with E-state index in [1.165, 1.54) is 0 Å². The molecule has 6 nitrogen and oxygen atoms in total. The molecule has 0 saturated carbocycles. The first-order chi connectivity index (χ1) is 13.6. The molecular formula is C22H32N4O2. The summed E-state index contributed by atoms with van der Waals surface area (Å²) < 4.78 is 5.96. The van der Waals surface area contributed by atoms with Crippen LogP contribution in [0.15, 0.2) is 33.7 Å². The Hall–Kier alpha value is -2.50. The van der Waals surface area contributed by atoms with E-state index in [1.54, 1.807) is 0 Å². The lowest BCUT2D eigenvalue weighted by atomic mass is 10.1. The van der Waals surface area contributed by atoms with Crippen molar-refractivity contribution in [3.8, 4) is 0 Å². The number of guanidine groups is 1. The zero-order valence-corrected chi connectivity index (χ0v) is 17.3. The molecule has 2 heterocycles. The second-order valence-corrected chi connectivity index (χ2v) is 7.31. The van der Waals surface area contributed by atoms with Gasteiger partial charge in [-0.15, -0.1) is 0 Å². The van der Waals surface area contributed by atoms with Gasteiger partial charge in [0.1, 0.15) is 17.9 Å². The Labute approximate surface area is 167 Å². The predicted octanol–water partition coefficient (Wildman–Crippen LogP) is 3.59. The quantitative estimate of drug-likeness (QED) is 0.539. The number of aliphatic imine (C=N–C) groups is 1. The molecule has 1 unspecified atom stereocenters. The summed E-state index contributed by atoms with van der Waals surface area (Å²) in [5.74, 6) is 1.98. The van der Waals surface area contributed by atoms with E-state index in [4.69, 9.17) is 9.41 Å². The fraction of sp³-hybridized carbons (Fsp3) is 0.545. The third-order valence-electron chi connectivity index (χ3n) is 5.46. The van der Waals surface area contributed by atoms with Gasteiger partial charge in [0, 0.05) is 43.0 Å². The molecule has 0 spiro atoms. The maximum absolute atomic E-state index is 12.0. The summed E-state index contributed by atoms with van der Waals surface area (Å²) in [4.78, 5) is 18.7. The largest absolute Gasteiger partial charge is 0.459 e. The van der Waals surface area contributed by atoms with Gasteiger partial charge in [0.15, 0.2) is 5.96 Å². The number of amides is 1. The van der Waals surface area contributed by atoms with Crippen LogP contribution < -0.4 is 10.6 Å². The Kier molecular flexibility index (Phi) is 6.95. The molecule has 0 aliphatic carbocycles. The van der Waals surface area contributed by atoms with Crippen LogP contribution in [0.2, 0.25) is 0 Å². The highest BCUT2D eigenvalue weighted by atomic mass is 16.3. The summed E-state index contributed by atoms with van der Waals surface area (Å²) >= 11 is 0. The molecule has 1 saturated heterocycles. The monoisotopic (exact) mass is 384 g/mol. The van der Waals surface area contributed by atoms with E-state index < -0.39 is 0 Å². The number of para-hydroxylation sites is 1. The van der Waals surface area contributed by atoms with Crippen molar-refractivity contribution in [2.75, 3.05) is 19.6 Å². The number of rotatable bonds is 8. The summed E-state index contributed by atoms with van der Waals surface area (Å²) in [6, 6.07) is 8.39. The number of likely N-dealkylation sites (tertiary alicyclic amines) is 1. The van der Waals surface area contributed by atoms with Crippen LogP contribution in [-0.2, 0) is 11.3 Å². The lowest BCUT2D eigenvalue weighted by Gasteiger charge is -2.27. The summed E-state index contributed by atoms with van der Waals surface area (Å²) in [5, 5.41) is 7.84. The third kappa shape index (κ3) is 4.66. The van der Waals surface area contributed by atoms with E-state index in [0.717, 1.165) is 67.1 Å². The fourth-order valence-electron chi connectivity index (χ4n) is 3.86. The molecule has 152 valence electrons. The number of hydrogen-bond donors (Lipinski definition) is 2. The molecule has 1 aliphatic heterocycles. The van der Waals surface area contributed by atoms with Crippen LogP contribution in [-0.4, -0.2) is 42.4 Å². The zero-order chi connectivity index (χ0) is 19.9. The molecule has 1 amide bonds. The third-order valence-corrected chi connectivity index (χ3v) is 5.46. The summed E-state index contributed by atoms with van der Waals surface area (Å²) in [5.41, 5.74) is 2.05. The van der Waals surface area contributed by atoms with Crippen LogP contribution in [0.5, 0.6) is 0 Å². The molecule has 2 N–H and O–H groups in total. The SMILES string of the molecule is CCNC(=NCc1oc2ccccc2c1C)NCCC(CC)N1CCCC1=O. The topological polar surface area (TPSA) is 69.9 Å². The van der Waals surface area contributed by atoms with E-state index in [-0.39, 0.29) is 0 Å². The van der Waals surface area contributed by atoms with Crippen molar-refractivity contribution in [2.45, 2.75) is 59.0 Å². The lowest BCUT2D eigenvalue weighted by Crippen LogP contribution is -2.42. The summed E-state index contributed by atoms with van der Waals surface area (Å²) in [6.45, 7) is 9.27.